The van der Waals surface area contributed by atoms with Crippen LogP contribution in [0, 0.1) is 0 Å². The van der Waals surface area contributed by atoms with Gasteiger partial charge >= 0.3 is 0 Å². The highest BCUT2D eigenvalue weighted by Crippen LogP contribution is 2.42. The van der Waals surface area contributed by atoms with Crippen LogP contribution in [0.25, 0.3) is 11.1 Å². The van der Waals surface area contributed by atoms with E-state index in [4.69, 9.17) is 0 Å². The lowest BCUT2D eigenvalue weighted by atomic mass is 10.0. The quantitative estimate of drug-likeness (QED) is 0.0954. The maximum absolute atomic E-state index is 3.84. The van der Waals surface area contributed by atoms with Crippen LogP contribution >= 0.6 is 0 Å². The van der Waals surface area contributed by atoms with Crippen LogP contribution in [-0.2, 0) is 0 Å². The average molecular weight is 839 g/mol. The molecule has 0 unspecified atom stereocenters. The molecule has 0 aliphatic carbocycles. The van der Waals surface area contributed by atoms with Crippen LogP contribution in [0.3, 0.4) is 0 Å². The van der Waals surface area contributed by atoms with Gasteiger partial charge < -0.3 is 19.6 Å². The third kappa shape index (κ3) is 9.58. The topological polar surface area (TPSA) is 13.0 Å². The van der Waals surface area contributed by atoms with E-state index in [-0.39, 0.29) is 0 Å². The Bertz CT molecular complexity index is 2910. The molecule has 0 N–H and O–H groups in total. The lowest BCUT2D eigenvalue weighted by molar-refractivity contribution is 1.15. The molecule has 0 amide bonds. The van der Waals surface area contributed by atoms with Crippen LogP contribution in [0.5, 0.6) is 0 Å². The summed E-state index contributed by atoms with van der Waals surface area (Å²) >= 11 is 0. The maximum atomic E-state index is 3.84. The van der Waals surface area contributed by atoms with Crippen molar-refractivity contribution in [2.75, 3.05) is 19.6 Å². The van der Waals surface area contributed by atoms with Gasteiger partial charge in [0, 0.05) is 68.3 Å². The molecule has 0 spiro atoms. The summed E-state index contributed by atoms with van der Waals surface area (Å²) in [5.41, 5.74) is 15.2. The van der Waals surface area contributed by atoms with Gasteiger partial charge in [-0.05, 0) is 158 Å². The first-order valence-electron chi connectivity index (χ1n) is 22.0. The van der Waals surface area contributed by atoms with Crippen molar-refractivity contribution in [1.29, 1.82) is 0 Å². The molecule has 0 heterocycles. The Morgan fingerprint density at radius 1 is 0.292 bits per heavy atom. The van der Waals surface area contributed by atoms with Gasteiger partial charge in [-0.15, -0.1) is 0 Å². The molecule has 65 heavy (non-hydrogen) atoms. The van der Waals surface area contributed by atoms with E-state index in [1.54, 1.807) is 6.08 Å². The van der Waals surface area contributed by atoms with Crippen LogP contribution in [0.15, 0.2) is 285 Å². The SMILES string of the molecule is C=C/C=C\C=C(/C)N(c1ccccc1)c1ccc(N(c2ccccc2)c2ccc(N(c3ccc(-c4ccccc4)cc3)c3ccc(N(c4ccccc4)c4ccccc4)cc3)cc2)cc1. The normalized spacial score (nSPS) is 11.2. The van der Waals surface area contributed by atoms with Crippen LogP contribution in [0.4, 0.5) is 62.6 Å². The van der Waals surface area contributed by atoms with Gasteiger partial charge in [0.05, 0.1) is 0 Å². The van der Waals surface area contributed by atoms with Gasteiger partial charge in [0.15, 0.2) is 0 Å². The molecule has 9 aromatic rings. The Labute approximate surface area is 383 Å². The molecule has 0 atom stereocenters. The lowest BCUT2D eigenvalue weighted by Gasteiger charge is -2.30. The Morgan fingerprint density at radius 2 is 0.538 bits per heavy atom. The molecule has 0 saturated heterocycles. The molecule has 0 aliphatic rings. The highest BCUT2D eigenvalue weighted by Gasteiger charge is 2.19. The van der Waals surface area contributed by atoms with Crippen molar-refractivity contribution in [1.82, 2.24) is 0 Å². The highest BCUT2D eigenvalue weighted by molar-refractivity contribution is 5.84. The molecule has 0 saturated carbocycles. The van der Waals surface area contributed by atoms with Crippen LogP contribution in [0.2, 0.25) is 0 Å². The molecule has 4 heteroatoms. The fraction of sp³-hybridized carbons (Fsp3) is 0.0164. The van der Waals surface area contributed by atoms with E-state index in [9.17, 15) is 0 Å². The molecule has 4 nitrogen and oxygen atoms in total. The van der Waals surface area contributed by atoms with Gasteiger partial charge in [0.25, 0.3) is 0 Å². The highest BCUT2D eigenvalue weighted by atomic mass is 15.2. The van der Waals surface area contributed by atoms with Gasteiger partial charge in [0.1, 0.15) is 0 Å². The summed E-state index contributed by atoms with van der Waals surface area (Å²) in [6.07, 6.45) is 7.87. The number of benzene rings is 9. The van der Waals surface area contributed by atoms with E-state index in [1.165, 1.54) is 11.1 Å². The van der Waals surface area contributed by atoms with E-state index < -0.39 is 0 Å². The third-order valence-corrected chi connectivity index (χ3v) is 11.3. The summed E-state index contributed by atoms with van der Waals surface area (Å²) in [5, 5.41) is 0. The fourth-order valence-corrected chi connectivity index (χ4v) is 8.24. The number of allylic oxidation sites excluding steroid dienone is 5. The average Bonchev–Trinajstić information content (AvgIpc) is 3.38. The van der Waals surface area contributed by atoms with Gasteiger partial charge in [-0.1, -0.05) is 140 Å². The second-order valence-corrected chi connectivity index (χ2v) is 15.6. The smallest absolute Gasteiger partial charge is 0.0463 e. The Kier molecular flexibility index (Phi) is 12.9. The number of rotatable bonds is 15. The van der Waals surface area contributed by atoms with Gasteiger partial charge in [-0.25, -0.2) is 0 Å². The number of hydrogen-bond acceptors (Lipinski definition) is 4. The molecule has 314 valence electrons. The van der Waals surface area contributed by atoms with Crippen molar-refractivity contribution in [2.24, 2.45) is 0 Å². The summed E-state index contributed by atoms with van der Waals surface area (Å²) in [4.78, 5) is 9.21. The van der Waals surface area contributed by atoms with E-state index in [0.29, 0.717) is 0 Å². The maximum Gasteiger partial charge on any atom is 0.0463 e. The molecule has 0 bridgehead atoms. The second-order valence-electron chi connectivity index (χ2n) is 15.6. The molecule has 9 rings (SSSR count). The molecule has 0 aromatic heterocycles. The molecule has 9 aromatic carbocycles. The van der Waals surface area contributed by atoms with E-state index in [2.05, 4.69) is 282 Å². The Morgan fingerprint density at radius 3 is 0.877 bits per heavy atom. The number of anilines is 11. The minimum Gasteiger partial charge on any atom is -0.315 e. The first-order valence-corrected chi connectivity index (χ1v) is 22.0. The van der Waals surface area contributed by atoms with Crippen LogP contribution in [0.1, 0.15) is 6.92 Å². The van der Waals surface area contributed by atoms with E-state index in [0.717, 1.165) is 68.3 Å². The first kappa shape index (κ1) is 41.7. The van der Waals surface area contributed by atoms with Crippen molar-refractivity contribution >= 4 is 62.6 Å². The molecule has 0 radical (unpaired) electrons. The summed E-state index contributed by atoms with van der Waals surface area (Å²) < 4.78 is 0. The first-order chi connectivity index (χ1) is 32.1. The molecule has 0 fully saturated rings. The third-order valence-electron chi connectivity index (χ3n) is 11.3. The second kappa shape index (κ2) is 20.1. The molecular weight excluding hydrogens is 789 g/mol. The fourth-order valence-electron chi connectivity index (χ4n) is 8.24. The molecular formula is C61H50N4. The van der Waals surface area contributed by atoms with Gasteiger partial charge in [0.2, 0.25) is 0 Å². The lowest BCUT2D eigenvalue weighted by Crippen LogP contribution is -2.15. The predicted octanol–water partition coefficient (Wildman–Crippen LogP) is 17.5. The van der Waals surface area contributed by atoms with E-state index >= 15 is 0 Å². The predicted molar refractivity (Wildman–Crippen MR) is 278 cm³/mol. The van der Waals surface area contributed by atoms with Crippen LogP contribution < -0.4 is 19.6 Å². The van der Waals surface area contributed by atoms with Gasteiger partial charge in [-0.3, -0.25) is 0 Å². The zero-order valence-corrected chi connectivity index (χ0v) is 36.5. The zero-order valence-electron chi connectivity index (χ0n) is 36.5. The Hall–Kier alpha value is -8.60. The van der Waals surface area contributed by atoms with Crippen molar-refractivity contribution in [3.63, 3.8) is 0 Å². The van der Waals surface area contributed by atoms with Crippen molar-refractivity contribution in [3.05, 3.63) is 285 Å². The summed E-state index contributed by atoms with van der Waals surface area (Å²) in [5.74, 6) is 0. The number of para-hydroxylation sites is 4. The van der Waals surface area contributed by atoms with E-state index in [1.807, 2.05) is 18.2 Å². The minimum atomic E-state index is 1.05. The van der Waals surface area contributed by atoms with Crippen molar-refractivity contribution in [2.45, 2.75) is 6.92 Å². The summed E-state index contributed by atoms with van der Waals surface area (Å²) in [6.45, 7) is 5.97. The summed E-state index contributed by atoms with van der Waals surface area (Å²) in [6, 6.07) is 88.0. The Balaban J connectivity index is 1.09. The standard InChI is InChI=1S/C61H50N4/c1-3-4-10-21-48(2)62(51-24-13-6-14-25-51)55-36-38-58(39-37-55)64(54-30-19-9-20-31-54)59-42-46-61(47-43-59)65(56-34-32-50(33-35-56)49-22-11-5-12-23-49)60-44-40-57(41-45-60)63(52-26-15-7-16-27-52)53-28-17-8-18-29-53/h3-47H,1H2,2H3/b10-4-,48-21+. The summed E-state index contributed by atoms with van der Waals surface area (Å²) in [7, 11) is 0. The van der Waals surface area contributed by atoms with Gasteiger partial charge in [-0.2, -0.15) is 0 Å². The van der Waals surface area contributed by atoms with Crippen LogP contribution in [-0.4, -0.2) is 0 Å². The monoisotopic (exact) mass is 838 g/mol. The van der Waals surface area contributed by atoms with Crippen molar-refractivity contribution in [3.8, 4) is 11.1 Å². The zero-order chi connectivity index (χ0) is 44.2. The number of hydrogen-bond donors (Lipinski definition) is 0. The van der Waals surface area contributed by atoms with Crippen molar-refractivity contribution < 1.29 is 0 Å². The largest absolute Gasteiger partial charge is 0.315 e. The number of nitrogens with zero attached hydrogens (tertiary/aromatic N) is 4. The minimum absolute atomic E-state index is 1.05. The molecule has 0 aliphatic heterocycles.